The molecule has 4 heteroatoms. The van der Waals surface area contributed by atoms with E-state index in [1.54, 1.807) is 10.6 Å². The molecular weight excluding hydrogens is 334 g/mol. The largest absolute Gasteiger partial charge is 0.107 e. The molecule has 1 saturated heterocycles. The first-order valence-corrected chi connectivity index (χ1v) is 19.7. The maximum Gasteiger partial charge on any atom is 0.107 e. The molecule has 3 rings (SSSR count). The van der Waals surface area contributed by atoms with Gasteiger partial charge in [-0.15, -0.1) is 0 Å². The van der Waals surface area contributed by atoms with Crippen molar-refractivity contribution in [2.45, 2.75) is 32.2 Å². The highest BCUT2D eigenvalue weighted by atomic mass is 31.8. The van der Waals surface area contributed by atoms with E-state index in [0.717, 1.165) is 0 Å². The van der Waals surface area contributed by atoms with Gasteiger partial charge in [0, 0.05) is 0 Å². The van der Waals surface area contributed by atoms with Gasteiger partial charge in [-0.3, -0.25) is 0 Å². The third-order valence-corrected chi connectivity index (χ3v) is 43.5. The van der Waals surface area contributed by atoms with Crippen LogP contribution in [0.3, 0.4) is 0 Å². The van der Waals surface area contributed by atoms with E-state index in [1.165, 1.54) is 12.2 Å². The van der Waals surface area contributed by atoms with Crippen LogP contribution in [0.4, 0.5) is 0 Å². The van der Waals surface area contributed by atoms with Crippen molar-refractivity contribution in [3.8, 4) is 0 Å². The molecule has 2 aromatic carbocycles. The van der Waals surface area contributed by atoms with Crippen molar-refractivity contribution in [2.24, 2.45) is 0 Å². The standard InChI is InChI=1S/C18H26P2Si2/c1-21(2)16-15-19(17-11-7-5-8-12-17)22(3,4)20(21)18-13-9-6-10-14-18/h5-14H,15-16H2,1-4H3. The monoisotopic (exact) mass is 360 g/mol. The fourth-order valence-electron chi connectivity index (χ4n) is 3.93. The van der Waals surface area contributed by atoms with E-state index in [4.69, 9.17) is 0 Å². The molecule has 0 bridgehead atoms. The maximum atomic E-state index is 2.71. The van der Waals surface area contributed by atoms with E-state index >= 15 is 0 Å². The molecule has 0 N–H and O–H groups in total. The van der Waals surface area contributed by atoms with E-state index in [-0.39, 0.29) is 14.5 Å². The number of rotatable bonds is 2. The van der Waals surface area contributed by atoms with Crippen LogP contribution in [-0.2, 0) is 0 Å². The molecule has 2 atom stereocenters. The molecule has 1 aliphatic heterocycles. The van der Waals surface area contributed by atoms with Crippen LogP contribution in [-0.4, -0.2) is 21.3 Å². The Bertz CT molecular complexity index is 626. The van der Waals surface area contributed by atoms with Crippen LogP contribution in [0.5, 0.6) is 0 Å². The lowest BCUT2D eigenvalue weighted by Crippen LogP contribution is -2.47. The van der Waals surface area contributed by atoms with E-state index in [0.29, 0.717) is 0 Å². The number of hydrogen-bond donors (Lipinski definition) is 0. The van der Waals surface area contributed by atoms with E-state index in [9.17, 15) is 0 Å². The molecule has 0 aliphatic carbocycles. The van der Waals surface area contributed by atoms with Gasteiger partial charge in [-0.25, -0.2) is 0 Å². The first-order chi connectivity index (χ1) is 10.4. The summed E-state index contributed by atoms with van der Waals surface area (Å²) >= 11 is 0. The average molecular weight is 361 g/mol. The first-order valence-electron chi connectivity index (χ1n) is 8.11. The number of hydrogen-bond acceptors (Lipinski definition) is 0. The zero-order valence-electron chi connectivity index (χ0n) is 14.1. The second kappa shape index (κ2) is 6.32. The van der Waals surface area contributed by atoms with Crippen molar-refractivity contribution in [3.05, 3.63) is 60.7 Å². The van der Waals surface area contributed by atoms with E-state index in [2.05, 4.69) is 86.9 Å². The van der Waals surface area contributed by atoms with E-state index in [1.807, 2.05) is 0 Å². The van der Waals surface area contributed by atoms with Gasteiger partial charge in [0.05, 0.1) is 7.74 Å². The molecule has 1 fully saturated rings. The Morgan fingerprint density at radius 1 is 0.727 bits per heavy atom. The van der Waals surface area contributed by atoms with Gasteiger partial charge in [0.1, 0.15) is 7.41 Å². The summed E-state index contributed by atoms with van der Waals surface area (Å²) in [5.74, 6) is 0. The van der Waals surface area contributed by atoms with Crippen LogP contribution in [0.1, 0.15) is 0 Å². The smallest absolute Gasteiger partial charge is 0.0940 e. The van der Waals surface area contributed by atoms with Gasteiger partial charge in [0.2, 0.25) is 0 Å². The third kappa shape index (κ3) is 3.04. The minimum absolute atomic E-state index is 0.0709. The SMILES string of the molecule is C[Si]1(C)CCP(c2ccccc2)[Si](C)(C)P1c1ccccc1. The quantitative estimate of drug-likeness (QED) is 0.488. The summed E-state index contributed by atoms with van der Waals surface area (Å²) in [6, 6.07) is 24.5. The van der Waals surface area contributed by atoms with Gasteiger partial charge < -0.3 is 0 Å². The van der Waals surface area contributed by atoms with Crippen LogP contribution >= 0.6 is 14.5 Å². The molecule has 0 nitrogen and oxygen atoms in total. The highest BCUT2D eigenvalue weighted by Gasteiger charge is 2.51. The Morgan fingerprint density at radius 2 is 1.23 bits per heavy atom. The zero-order chi connectivity index (χ0) is 15.8. The molecule has 0 aromatic heterocycles. The molecule has 1 heterocycles. The Kier molecular flexibility index (Phi) is 4.77. The summed E-state index contributed by atoms with van der Waals surface area (Å²) < 4.78 is 0. The van der Waals surface area contributed by atoms with Crippen LogP contribution in [0.15, 0.2) is 60.7 Å². The normalized spacial score (nSPS) is 26.5. The predicted octanol–water partition coefficient (Wildman–Crippen LogP) is 5.52. The zero-order valence-corrected chi connectivity index (χ0v) is 17.9. The van der Waals surface area contributed by atoms with Crippen LogP contribution in [0, 0.1) is 0 Å². The van der Waals surface area contributed by atoms with Gasteiger partial charge in [-0.05, 0) is 22.8 Å². The minimum Gasteiger partial charge on any atom is -0.0940 e. The lowest BCUT2D eigenvalue weighted by molar-refractivity contribution is 1.41. The van der Waals surface area contributed by atoms with Crippen LogP contribution in [0.2, 0.25) is 32.2 Å². The molecule has 2 unspecified atom stereocenters. The predicted molar refractivity (Wildman–Crippen MR) is 111 cm³/mol. The van der Waals surface area contributed by atoms with Crippen molar-refractivity contribution < 1.29 is 0 Å². The summed E-state index contributed by atoms with van der Waals surface area (Å²) in [5.41, 5.74) is 0. The van der Waals surface area contributed by atoms with Crippen LogP contribution < -0.4 is 10.6 Å². The Balaban J connectivity index is 2.05. The lowest BCUT2D eigenvalue weighted by Gasteiger charge is -2.52. The highest BCUT2D eigenvalue weighted by Crippen LogP contribution is 2.71. The van der Waals surface area contributed by atoms with Crippen molar-refractivity contribution in [1.82, 2.24) is 0 Å². The lowest BCUT2D eigenvalue weighted by atomic mass is 10.4. The summed E-state index contributed by atoms with van der Waals surface area (Å²) in [6.07, 6.45) is 1.49. The maximum absolute atomic E-state index is 2.71. The molecule has 0 radical (unpaired) electrons. The topological polar surface area (TPSA) is 0 Å². The molecule has 1 aliphatic rings. The van der Waals surface area contributed by atoms with Gasteiger partial charge in [0.15, 0.2) is 0 Å². The Morgan fingerprint density at radius 3 is 1.77 bits per heavy atom. The van der Waals surface area contributed by atoms with Crippen molar-refractivity contribution in [1.29, 1.82) is 0 Å². The Labute approximate surface area is 139 Å². The second-order valence-corrected chi connectivity index (χ2v) is 34.4. The van der Waals surface area contributed by atoms with Crippen molar-refractivity contribution >= 4 is 40.2 Å². The Hall–Kier alpha value is -0.266. The average Bonchev–Trinajstić information content (AvgIpc) is 2.48. The minimum atomic E-state index is -1.28. The second-order valence-electron chi connectivity index (χ2n) is 7.22. The fourth-order valence-corrected chi connectivity index (χ4v) is 59.4. The molecule has 0 spiro atoms. The van der Waals surface area contributed by atoms with Gasteiger partial charge in [-0.1, -0.05) is 101 Å². The molecule has 116 valence electrons. The summed E-state index contributed by atoms with van der Waals surface area (Å²) in [5, 5.41) is 3.37. The molecular formula is C18H26P2Si2. The van der Waals surface area contributed by atoms with Gasteiger partial charge >= 0.3 is 0 Å². The highest BCUT2D eigenvalue weighted by molar-refractivity contribution is 8.41. The van der Waals surface area contributed by atoms with Crippen molar-refractivity contribution in [3.63, 3.8) is 0 Å². The molecule has 0 saturated carbocycles. The van der Waals surface area contributed by atoms with Gasteiger partial charge in [-0.2, -0.15) is 0 Å². The molecule has 0 amide bonds. The third-order valence-electron chi connectivity index (χ3n) is 4.84. The van der Waals surface area contributed by atoms with E-state index < -0.39 is 15.1 Å². The summed E-state index contributed by atoms with van der Waals surface area (Å²) in [6.45, 7) is 10.7. The van der Waals surface area contributed by atoms with Gasteiger partial charge in [0.25, 0.3) is 0 Å². The fraction of sp³-hybridized carbons (Fsp3) is 0.333. The summed E-state index contributed by atoms with van der Waals surface area (Å²) in [4.78, 5) is 0. The molecule has 22 heavy (non-hydrogen) atoms. The van der Waals surface area contributed by atoms with Crippen molar-refractivity contribution in [2.75, 3.05) is 6.16 Å². The summed E-state index contributed by atoms with van der Waals surface area (Å²) in [7, 11) is -2.24. The molecule has 2 aromatic rings. The number of benzene rings is 2. The van der Waals surface area contributed by atoms with Crippen LogP contribution in [0.25, 0.3) is 0 Å². The first kappa shape index (κ1) is 16.6.